The number of nitrogens with one attached hydrogen (secondary N) is 1. The molecule has 1 rings (SSSR count). The van der Waals surface area contributed by atoms with Crippen molar-refractivity contribution in [3.05, 3.63) is 0 Å². The Morgan fingerprint density at radius 1 is 1.04 bits per heavy atom. The van der Waals surface area contributed by atoms with Gasteiger partial charge in [-0.05, 0) is 0 Å². The van der Waals surface area contributed by atoms with E-state index in [0.717, 1.165) is 27.0 Å². The average molecular weight is 383 g/mol. The zero-order valence-electron chi connectivity index (χ0n) is 14.1. The van der Waals surface area contributed by atoms with Crippen LogP contribution < -0.4 is 4.72 Å². The fourth-order valence-corrected chi connectivity index (χ4v) is 3.04. The Hall–Kier alpha value is -1.76. The number of hydrogen-bond acceptors (Lipinski definition) is 10. The Balaban J connectivity index is 3.18. The van der Waals surface area contributed by atoms with E-state index in [0.29, 0.717) is 0 Å². The largest absolute Gasteiger partial charge is 0.463 e. The molecule has 0 amide bonds. The van der Waals surface area contributed by atoms with Crippen molar-refractivity contribution < 1.29 is 46.9 Å². The molecule has 0 aliphatic carbocycles. The lowest BCUT2D eigenvalue weighted by Crippen LogP contribution is -2.66. The van der Waals surface area contributed by atoms with Crippen LogP contribution in [0.25, 0.3) is 0 Å². The fraction of sp³-hybridized carbons (Fsp3) is 0.769. The van der Waals surface area contributed by atoms with Gasteiger partial charge in [0.25, 0.3) is 0 Å². The van der Waals surface area contributed by atoms with Crippen molar-refractivity contribution in [2.75, 3.05) is 12.9 Å². The summed E-state index contributed by atoms with van der Waals surface area (Å²) in [5.41, 5.74) is 0. The van der Waals surface area contributed by atoms with Gasteiger partial charge in [0.1, 0.15) is 18.8 Å². The summed E-state index contributed by atoms with van der Waals surface area (Å²) in [6.07, 6.45) is -4.81. The van der Waals surface area contributed by atoms with Crippen LogP contribution in [0.1, 0.15) is 20.8 Å². The van der Waals surface area contributed by atoms with Gasteiger partial charge in [0, 0.05) is 20.8 Å². The third-order valence-electron chi connectivity index (χ3n) is 3.07. The summed E-state index contributed by atoms with van der Waals surface area (Å²) < 4.78 is 45.2. The quantitative estimate of drug-likeness (QED) is 0.390. The minimum atomic E-state index is -3.83. The Morgan fingerprint density at radius 2 is 1.56 bits per heavy atom. The molecule has 1 aliphatic heterocycles. The molecule has 11 nitrogen and oxygen atoms in total. The number of sulfonamides is 1. The molecule has 1 aliphatic rings. The third kappa shape index (κ3) is 6.94. The van der Waals surface area contributed by atoms with Crippen molar-refractivity contribution in [1.29, 1.82) is 0 Å². The highest BCUT2D eigenvalue weighted by molar-refractivity contribution is 7.88. The first kappa shape index (κ1) is 21.3. The molecule has 0 aromatic heterocycles. The minimum Gasteiger partial charge on any atom is -0.463 e. The normalized spacial score (nSPS) is 29.6. The van der Waals surface area contributed by atoms with Crippen molar-refractivity contribution in [1.82, 2.24) is 4.72 Å². The molecule has 0 bridgehead atoms. The number of carbonyl (C=O) groups is 3. The highest BCUT2D eigenvalue weighted by Crippen LogP contribution is 2.26. The van der Waals surface area contributed by atoms with Gasteiger partial charge in [-0.2, -0.15) is 0 Å². The molecule has 0 spiro atoms. The van der Waals surface area contributed by atoms with Gasteiger partial charge in [-0.3, -0.25) is 14.4 Å². The summed E-state index contributed by atoms with van der Waals surface area (Å²) in [7, 11) is -3.83. The van der Waals surface area contributed by atoms with Gasteiger partial charge < -0.3 is 24.1 Å². The van der Waals surface area contributed by atoms with Crippen LogP contribution in [0.4, 0.5) is 0 Å². The summed E-state index contributed by atoms with van der Waals surface area (Å²) in [6.45, 7) is 2.87. The second kappa shape index (κ2) is 8.56. The summed E-state index contributed by atoms with van der Waals surface area (Å²) >= 11 is 0. The lowest BCUT2D eigenvalue weighted by molar-refractivity contribution is -0.262. The topological polar surface area (TPSA) is 155 Å². The predicted molar refractivity (Wildman–Crippen MR) is 80.4 cm³/mol. The average Bonchev–Trinajstić information content (AvgIpc) is 2.41. The molecule has 5 atom stereocenters. The van der Waals surface area contributed by atoms with E-state index in [1.54, 1.807) is 0 Å². The smallest absolute Gasteiger partial charge is 0.303 e. The van der Waals surface area contributed by atoms with Gasteiger partial charge >= 0.3 is 17.9 Å². The van der Waals surface area contributed by atoms with Crippen LogP contribution in [-0.2, 0) is 43.4 Å². The van der Waals surface area contributed by atoms with Crippen LogP contribution in [0, 0.1) is 0 Å². The fourth-order valence-electron chi connectivity index (χ4n) is 2.29. The molecule has 1 fully saturated rings. The highest BCUT2D eigenvalue weighted by atomic mass is 32.2. The number of rotatable bonds is 6. The monoisotopic (exact) mass is 383 g/mol. The number of hydrogen-bond donors (Lipinski definition) is 2. The van der Waals surface area contributed by atoms with Gasteiger partial charge in [-0.15, -0.1) is 0 Å². The molecule has 1 saturated heterocycles. The SMILES string of the molecule is CC(=O)OC[C@H]1O[C@H](O)[C@@H](NS(C)(=O)=O)[C@@H](OC(C)=O)[C@@H]1OC(C)=O. The molecule has 144 valence electrons. The lowest BCUT2D eigenvalue weighted by atomic mass is 9.97. The van der Waals surface area contributed by atoms with Gasteiger partial charge in [-0.1, -0.05) is 0 Å². The van der Waals surface area contributed by atoms with E-state index >= 15 is 0 Å². The van der Waals surface area contributed by atoms with Gasteiger partial charge in [0.05, 0.1) is 6.26 Å². The van der Waals surface area contributed by atoms with Crippen molar-refractivity contribution in [2.24, 2.45) is 0 Å². The molecule has 2 N–H and O–H groups in total. The molecule has 12 heteroatoms. The van der Waals surface area contributed by atoms with Crippen LogP contribution in [-0.4, -0.2) is 74.9 Å². The predicted octanol–water partition coefficient (Wildman–Crippen LogP) is -1.95. The molecule has 25 heavy (non-hydrogen) atoms. The third-order valence-corrected chi connectivity index (χ3v) is 3.77. The summed E-state index contributed by atoms with van der Waals surface area (Å²) in [6, 6.07) is -1.43. The van der Waals surface area contributed by atoms with E-state index in [9.17, 15) is 27.9 Å². The maximum atomic E-state index is 11.5. The van der Waals surface area contributed by atoms with E-state index in [4.69, 9.17) is 18.9 Å². The number of esters is 3. The van der Waals surface area contributed by atoms with E-state index in [2.05, 4.69) is 4.72 Å². The Bertz CT molecular complexity index is 618. The van der Waals surface area contributed by atoms with Gasteiger partial charge in [0.15, 0.2) is 18.5 Å². The van der Waals surface area contributed by atoms with Gasteiger partial charge in [0.2, 0.25) is 10.0 Å². The van der Waals surface area contributed by atoms with Crippen LogP contribution in [0.15, 0.2) is 0 Å². The standard InChI is InChI=1S/C13H21NO10S/c1-6(15)21-5-9-11(22-7(2)16)12(23-8(3)17)10(13(18)24-9)14-25(4,19)20/h9-14,18H,5H2,1-4H3/t9-,10+,11-,12-,13+/m1/s1. The zero-order chi connectivity index (χ0) is 19.4. The molecule has 1 heterocycles. The van der Waals surface area contributed by atoms with Crippen LogP contribution in [0.5, 0.6) is 0 Å². The number of aliphatic hydroxyl groups is 1. The first-order valence-corrected chi connectivity index (χ1v) is 9.08. The van der Waals surface area contributed by atoms with Crippen molar-refractivity contribution in [3.8, 4) is 0 Å². The molecule has 0 radical (unpaired) electrons. The summed E-state index contributed by atoms with van der Waals surface area (Å²) in [5, 5.41) is 10.1. The Morgan fingerprint density at radius 3 is 2.00 bits per heavy atom. The molecular formula is C13H21NO10S. The van der Waals surface area contributed by atoms with Crippen molar-refractivity contribution in [3.63, 3.8) is 0 Å². The summed E-state index contributed by atoms with van der Waals surface area (Å²) in [5.74, 6) is -2.23. The second-order valence-corrected chi connectivity index (χ2v) is 7.21. The van der Waals surface area contributed by atoms with Crippen molar-refractivity contribution in [2.45, 2.75) is 51.4 Å². The van der Waals surface area contributed by atoms with Crippen LogP contribution >= 0.6 is 0 Å². The van der Waals surface area contributed by atoms with E-state index in [1.807, 2.05) is 0 Å². The van der Waals surface area contributed by atoms with Crippen molar-refractivity contribution >= 4 is 27.9 Å². The van der Waals surface area contributed by atoms with Crippen LogP contribution in [0.3, 0.4) is 0 Å². The number of aliphatic hydroxyl groups excluding tert-OH is 1. The lowest BCUT2D eigenvalue weighted by Gasteiger charge is -2.43. The zero-order valence-corrected chi connectivity index (χ0v) is 14.9. The molecule has 0 unspecified atom stereocenters. The van der Waals surface area contributed by atoms with E-state index < -0.39 is 65.2 Å². The number of carbonyl (C=O) groups excluding carboxylic acids is 3. The maximum absolute atomic E-state index is 11.5. The molecule has 0 aromatic rings. The van der Waals surface area contributed by atoms with E-state index in [-0.39, 0.29) is 0 Å². The Labute approximate surface area is 144 Å². The Kier molecular flexibility index (Phi) is 7.29. The number of ether oxygens (including phenoxy) is 4. The van der Waals surface area contributed by atoms with Gasteiger partial charge in [-0.25, -0.2) is 13.1 Å². The maximum Gasteiger partial charge on any atom is 0.303 e. The first-order chi connectivity index (χ1) is 11.4. The molecular weight excluding hydrogens is 362 g/mol. The first-order valence-electron chi connectivity index (χ1n) is 7.19. The molecule has 0 saturated carbocycles. The second-order valence-electron chi connectivity index (χ2n) is 5.43. The molecule has 0 aromatic carbocycles. The van der Waals surface area contributed by atoms with E-state index in [1.165, 1.54) is 0 Å². The highest BCUT2D eigenvalue weighted by Gasteiger charge is 2.50. The summed E-state index contributed by atoms with van der Waals surface area (Å²) in [4.78, 5) is 33.7. The minimum absolute atomic E-state index is 0.409. The van der Waals surface area contributed by atoms with Crippen LogP contribution in [0.2, 0.25) is 0 Å².